The summed E-state index contributed by atoms with van der Waals surface area (Å²) in [6.07, 6.45) is 0.811. The maximum absolute atomic E-state index is 10.5. The molecule has 0 amide bonds. The van der Waals surface area contributed by atoms with Crippen molar-refractivity contribution in [2.45, 2.75) is 19.3 Å². The SMILES string of the molecule is O=C(O)CCCc1c(O)c(Cl)cc2c1OCCO2. The number of ether oxygens (including phenoxy) is 2. The molecule has 1 aromatic rings. The molecule has 2 N–H and O–H groups in total. The third-order valence-corrected chi connectivity index (χ3v) is 2.96. The van der Waals surface area contributed by atoms with Crippen molar-refractivity contribution in [1.82, 2.24) is 0 Å². The molecular formula is C12H13ClO5. The summed E-state index contributed by atoms with van der Waals surface area (Å²) >= 11 is 5.89. The van der Waals surface area contributed by atoms with Gasteiger partial charge in [0.05, 0.1) is 5.02 Å². The third-order valence-electron chi connectivity index (χ3n) is 2.67. The highest BCUT2D eigenvalue weighted by Crippen LogP contribution is 2.44. The number of halogens is 1. The van der Waals surface area contributed by atoms with Gasteiger partial charge in [-0.05, 0) is 12.8 Å². The number of aliphatic carboxylic acids is 1. The Morgan fingerprint density at radius 3 is 2.83 bits per heavy atom. The minimum Gasteiger partial charge on any atom is -0.506 e. The van der Waals surface area contributed by atoms with Crippen LogP contribution in [0.5, 0.6) is 17.2 Å². The monoisotopic (exact) mass is 272 g/mol. The van der Waals surface area contributed by atoms with Gasteiger partial charge in [-0.3, -0.25) is 4.79 Å². The summed E-state index contributed by atoms with van der Waals surface area (Å²) in [4.78, 5) is 10.5. The van der Waals surface area contributed by atoms with Crippen molar-refractivity contribution in [3.63, 3.8) is 0 Å². The molecule has 0 atom stereocenters. The Kier molecular flexibility index (Phi) is 3.81. The van der Waals surface area contributed by atoms with E-state index in [1.807, 2.05) is 0 Å². The van der Waals surface area contributed by atoms with Crippen LogP contribution in [0.1, 0.15) is 18.4 Å². The van der Waals surface area contributed by atoms with Crippen molar-refractivity contribution in [2.24, 2.45) is 0 Å². The fraction of sp³-hybridized carbons (Fsp3) is 0.417. The number of phenolic OH excluding ortho intramolecular Hbond substituents is 1. The number of fused-ring (bicyclic) bond motifs is 1. The van der Waals surface area contributed by atoms with E-state index in [-0.39, 0.29) is 17.2 Å². The zero-order valence-corrected chi connectivity index (χ0v) is 10.4. The number of phenols is 1. The van der Waals surface area contributed by atoms with Crippen molar-refractivity contribution in [2.75, 3.05) is 13.2 Å². The third kappa shape index (κ3) is 2.61. The molecule has 6 heteroatoms. The molecule has 1 aliphatic heterocycles. The summed E-state index contributed by atoms with van der Waals surface area (Å²) in [5.41, 5.74) is 0.512. The Morgan fingerprint density at radius 1 is 1.39 bits per heavy atom. The van der Waals surface area contributed by atoms with Gasteiger partial charge in [-0.25, -0.2) is 0 Å². The molecule has 0 saturated carbocycles. The first-order valence-electron chi connectivity index (χ1n) is 5.61. The highest BCUT2D eigenvalue weighted by atomic mass is 35.5. The van der Waals surface area contributed by atoms with Gasteiger partial charge in [0.2, 0.25) is 0 Å². The van der Waals surface area contributed by atoms with Gasteiger partial charge in [-0.15, -0.1) is 0 Å². The fourth-order valence-electron chi connectivity index (χ4n) is 1.86. The number of benzene rings is 1. The second-order valence-electron chi connectivity index (χ2n) is 3.96. The molecule has 1 heterocycles. The second kappa shape index (κ2) is 5.35. The van der Waals surface area contributed by atoms with Crippen molar-refractivity contribution in [1.29, 1.82) is 0 Å². The predicted molar refractivity (Wildman–Crippen MR) is 64.7 cm³/mol. The average molecular weight is 273 g/mol. The lowest BCUT2D eigenvalue weighted by Gasteiger charge is -2.22. The van der Waals surface area contributed by atoms with E-state index < -0.39 is 5.97 Å². The van der Waals surface area contributed by atoms with Crippen LogP contribution in [-0.2, 0) is 11.2 Å². The smallest absolute Gasteiger partial charge is 0.303 e. The zero-order valence-electron chi connectivity index (χ0n) is 9.61. The zero-order chi connectivity index (χ0) is 13.1. The number of rotatable bonds is 4. The number of hydrogen-bond acceptors (Lipinski definition) is 4. The Labute approximate surface area is 109 Å². The van der Waals surface area contributed by atoms with Gasteiger partial charge >= 0.3 is 5.97 Å². The highest BCUT2D eigenvalue weighted by molar-refractivity contribution is 6.32. The first kappa shape index (κ1) is 12.8. The molecular weight excluding hydrogens is 260 g/mol. The predicted octanol–water partition coefficient (Wildman–Crippen LogP) is 2.22. The summed E-state index contributed by atoms with van der Waals surface area (Å²) in [6.45, 7) is 0.836. The molecule has 2 rings (SSSR count). The Hall–Kier alpha value is -1.62. The van der Waals surface area contributed by atoms with Crippen molar-refractivity contribution < 1.29 is 24.5 Å². The van der Waals surface area contributed by atoms with Crippen molar-refractivity contribution in [3.05, 3.63) is 16.7 Å². The highest BCUT2D eigenvalue weighted by Gasteiger charge is 2.22. The van der Waals surface area contributed by atoms with Crippen molar-refractivity contribution >= 4 is 17.6 Å². The molecule has 18 heavy (non-hydrogen) atoms. The van der Waals surface area contributed by atoms with Crippen LogP contribution >= 0.6 is 11.6 Å². The number of carboxylic acids is 1. The summed E-state index contributed by atoms with van der Waals surface area (Å²) < 4.78 is 10.8. The van der Waals surface area contributed by atoms with E-state index in [4.69, 9.17) is 26.2 Å². The molecule has 1 aromatic carbocycles. The summed E-state index contributed by atoms with van der Waals surface area (Å²) in [5, 5.41) is 18.7. The lowest BCUT2D eigenvalue weighted by molar-refractivity contribution is -0.137. The van der Waals surface area contributed by atoms with E-state index in [1.165, 1.54) is 6.07 Å². The number of carbonyl (C=O) groups is 1. The molecule has 0 radical (unpaired) electrons. The van der Waals surface area contributed by atoms with Crippen LogP contribution in [0.2, 0.25) is 5.02 Å². The molecule has 0 unspecified atom stereocenters. The second-order valence-corrected chi connectivity index (χ2v) is 4.36. The average Bonchev–Trinajstić information content (AvgIpc) is 2.33. The van der Waals surface area contributed by atoms with E-state index in [9.17, 15) is 9.90 Å². The van der Waals surface area contributed by atoms with Crippen molar-refractivity contribution in [3.8, 4) is 17.2 Å². The Morgan fingerprint density at radius 2 is 2.11 bits per heavy atom. The molecule has 0 aromatic heterocycles. The van der Waals surface area contributed by atoms with Gasteiger partial charge in [-0.2, -0.15) is 0 Å². The molecule has 1 aliphatic rings. The number of carboxylic acid groups (broad SMARTS) is 1. The molecule has 0 fully saturated rings. The van der Waals surface area contributed by atoms with E-state index in [0.717, 1.165) is 0 Å². The maximum atomic E-state index is 10.5. The fourth-order valence-corrected chi connectivity index (χ4v) is 2.07. The lowest BCUT2D eigenvalue weighted by atomic mass is 10.0. The van der Waals surface area contributed by atoms with Crippen LogP contribution in [-0.4, -0.2) is 29.4 Å². The number of hydrogen-bond donors (Lipinski definition) is 2. The lowest BCUT2D eigenvalue weighted by Crippen LogP contribution is -2.16. The van der Waals surface area contributed by atoms with Crippen LogP contribution in [0.25, 0.3) is 0 Å². The van der Waals surface area contributed by atoms with Gasteiger partial charge in [0.1, 0.15) is 19.0 Å². The van der Waals surface area contributed by atoms with Gasteiger partial charge in [-0.1, -0.05) is 11.6 Å². The van der Waals surface area contributed by atoms with E-state index in [0.29, 0.717) is 43.1 Å². The van der Waals surface area contributed by atoms with Gasteiger partial charge in [0.25, 0.3) is 0 Å². The first-order valence-corrected chi connectivity index (χ1v) is 5.99. The topological polar surface area (TPSA) is 76.0 Å². The van der Waals surface area contributed by atoms with E-state index in [1.54, 1.807) is 0 Å². The number of aromatic hydroxyl groups is 1. The van der Waals surface area contributed by atoms with Crippen LogP contribution < -0.4 is 9.47 Å². The normalized spacial score (nSPS) is 13.4. The molecule has 0 aliphatic carbocycles. The quantitative estimate of drug-likeness (QED) is 0.879. The Bertz CT molecular complexity index is 472. The first-order chi connectivity index (χ1) is 8.59. The summed E-state index contributed by atoms with van der Waals surface area (Å²) in [6, 6.07) is 1.51. The van der Waals surface area contributed by atoms with Crippen LogP contribution in [0.15, 0.2) is 6.07 Å². The molecule has 0 bridgehead atoms. The van der Waals surface area contributed by atoms with Gasteiger partial charge in [0.15, 0.2) is 11.5 Å². The maximum Gasteiger partial charge on any atom is 0.303 e. The standard InChI is InChI=1S/C12H13ClO5/c13-8-6-9-12(18-5-4-17-9)7(11(8)16)2-1-3-10(14)15/h6,16H,1-5H2,(H,14,15). The van der Waals surface area contributed by atoms with E-state index in [2.05, 4.69) is 0 Å². The van der Waals surface area contributed by atoms with Crippen LogP contribution in [0.4, 0.5) is 0 Å². The van der Waals surface area contributed by atoms with Crippen LogP contribution in [0.3, 0.4) is 0 Å². The molecule has 0 saturated heterocycles. The van der Waals surface area contributed by atoms with Crippen LogP contribution in [0, 0.1) is 0 Å². The Balaban J connectivity index is 2.26. The van der Waals surface area contributed by atoms with E-state index >= 15 is 0 Å². The summed E-state index contributed by atoms with van der Waals surface area (Å²) in [5.74, 6) is 0.0248. The minimum atomic E-state index is -0.873. The molecule has 5 nitrogen and oxygen atoms in total. The summed E-state index contributed by atoms with van der Waals surface area (Å²) in [7, 11) is 0. The molecule has 98 valence electrons. The minimum absolute atomic E-state index is 0.0293. The molecule has 0 spiro atoms. The van der Waals surface area contributed by atoms with Gasteiger partial charge < -0.3 is 19.7 Å². The largest absolute Gasteiger partial charge is 0.506 e. The van der Waals surface area contributed by atoms with Gasteiger partial charge in [0, 0.05) is 18.1 Å².